The van der Waals surface area contributed by atoms with Crippen LogP contribution in [0.4, 0.5) is 0 Å². The van der Waals surface area contributed by atoms with E-state index < -0.39 is 0 Å². The number of thiophene rings is 1. The fraction of sp³-hybridized carbons (Fsp3) is 0. The van der Waals surface area contributed by atoms with E-state index in [4.69, 9.17) is 0 Å². The molecule has 1 aromatic carbocycles. The first-order chi connectivity index (χ1) is 9.26. The summed E-state index contributed by atoms with van der Waals surface area (Å²) >= 11 is 6.59. The highest BCUT2D eigenvalue weighted by atomic mass is 79.9. The molecule has 5 heteroatoms. The van der Waals surface area contributed by atoms with E-state index in [9.17, 15) is 5.26 Å². The number of allylic oxidation sites excluding steroid dienone is 1. The first-order valence-electron chi connectivity index (χ1n) is 5.48. The third-order valence-electron chi connectivity index (χ3n) is 2.53. The number of aromatic nitrogens is 1. The van der Waals surface area contributed by atoms with Crippen molar-refractivity contribution < 1.29 is 0 Å². The van der Waals surface area contributed by atoms with Gasteiger partial charge in [-0.1, -0.05) is 22.0 Å². The van der Waals surface area contributed by atoms with Crippen LogP contribution in [-0.2, 0) is 0 Å². The van der Waals surface area contributed by atoms with E-state index in [1.54, 1.807) is 22.7 Å². The van der Waals surface area contributed by atoms with Gasteiger partial charge in [-0.25, -0.2) is 4.98 Å². The maximum absolute atomic E-state index is 9.30. The summed E-state index contributed by atoms with van der Waals surface area (Å²) in [6, 6.07) is 12.2. The monoisotopic (exact) mass is 346 g/mol. The molecule has 0 amide bonds. The number of rotatable bonds is 2. The number of nitrogens with zero attached hydrogens (tertiary/aromatic N) is 2. The third kappa shape index (κ3) is 2.61. The van der Waals surface area contributed by atoms with E-state index in [0.717, 1.165) is 24.6 Å². The van der Waals surface area contributed by atoms with Crippen molar-refractivity contribution in [2.45, 2.75) is 0 Å². The molecular weight excluding hydrogens is 340 g/mol. The molecule has 19 heavy (non-hydrogen) atoms. The highest BCUT2D eigenvalue weighted by Crippen LogP contribution is 2.30. The SMILES string of the molecule is N#C/C(=C\c1cccs1)c1nc2cc(Br)ccc2s1. The van der Waals surface area contributed by atoms with E-state index in [1.807, 2.05) is 41.8 Å². The molecule has 92 valence electrons. The number of benzene rings is 1. The summed E-state index contributed by atoms with van der Waals surface area (Å²) in [6.07, 6.45) is 1.89. The van der Waals surface area contributed by atoms with Crippen molar-refractivity contribution in [3.8, 4) is 6.07 Å². The van der Waals surface area contributed by atoms with E-state index in [1.165, 1.54) is 0 Å². The van der Waals surface area contributed by atoms with Crippen LogP contribution in [0.25, 0.3) is 21.9 Å². The van der Waals surface area contributed by atoms with Crippen molar-refractivity contribution in [1.82, 2.24) is 4.98 Å². The van der Waals surface area contributed by atoms with E-state index >= 15 is 0 Å². The minimum atomic E-state index is 0.611. The van der Waals surface area contributed by atoms with Gasteiger partial charge >= 0.3 is 0 Å². The Hall–Kier alpha value is -1.48. The van der Waals surface area contributed by atoms with Crippen LogP contribution < -0.4 is 0 Å². The first kappa shape index (κ1) is 12.5. The predicted octanol–water partition coefficient (Wildman–Crippen LogP) is 5.18. The van der Waals surface area contributed by atoms with Gasteiger partial charge in [-0.2, -0.15) is 5.26 Å². The van der Waals surface area contributed by atoms with Crippen molar-refractivity contribution in [2.24, 2.45) is 0 Å². The van der Waals surface area contributed by atoms with Crippen LogP contribution in [-0.4, -0.2) is 4.98 Å². The van der Waals surface area contributed by atoms with Gasteiger partial charge in [-0.3, -0.25) is 0 Å². The quantitative estimate of drug-likeness (QED) is 0.599. The van der Waals surface area contributed by atoms with E-state index in [0.29, 0.717) is 5.57 Å². The van der Waals surface area contributed by atoms with Gasteiger partial charge in [0.1, 0.15) is 11.1 Å². The normalized spacial score (nSPS) is 11.7. The topological polar surface area (TPSA) is 36.7 Å². The molecule has 0 saturated carbocycles. The summed E-state index contributed by atoms with van der Waals surface area (Å²) < 4.78 is 2.09. The van der Waals surface area contributed by atoms with Gasteiger partial charge in [-0.15, -0.1) is 22.7 Å². The zero-order valence-corrected chi connectivity index (χ0v) is 12.8. The Labute approximate surface area is 126 Å². The smallest absolute Gasteiger partial charge is 0.135 e. The molecule has 0 saturated heterocycles. The zero-order valence-electron chi connectivity index (χ0n) is 9.63. The Morgan fingerprint density at radius 2 is 2.26 bits per heavy atom. The minimum Gasteiger partial charge on any atom is -0.235 e. The Morgan fingerprint density at radius 3 is 3.00 bits per heavy atom. The van der Waals surface area contributed by atoms with Crippen LogP contribution in [0.1, 0.15) is 9.88 Å². The summed E-state index contributed by atoms with van der Waals surface area (Å²) in [4.78, 5) is 5.59. The summed E-state index contributed by atoms with van der Waals surface area (Å²) in [7, 11) is 0. The Kier molecular flexibility index (Phi) is 3.47. The highest BCUT2D eigenvalue weighted by Gasteiger charge is 2.09. The van der Waals surface area contributed by atoms with Crippen molar-refractivity contribution in [1.29, 1.82) is 5.26 Å². The van der Waals surface area contributed by atoms with Gasteiger partial charge in [0.25, 0.3) is 0 Å². The number of thiazole rings is 1. The Balaban J connectivity index is 2.10. The van der Waals surface area contributed by atoms with Crippen LogP contribution in [0.15, 0.2) is 40.2 Å². The number of nitriles is 1. The molecule has 2 aromatic heterocycles. The second-order valence-electron chi connectivity index (χ2n) is 3.82. The highest BCUT2D eigenvalue weighted by molar-refractivity contribution is 9.10. The summed E-state index contributed by atoms with van der Waals surface area (Å²) in [6.45, 7) is 0. The maximum Gasteiger partial charge on any atom is 0.135 e. The number of fused-ring (bicyclic) bond motifs is 1. The van der Waals surface area contributed by atoms with Gasteiger partial charge in [0.15, 0.2) is 0 Å². The molecule has 2 nitrogen and oxygen atoms in total. The Morgan fingerprint density at radius 1 is 1.37 bits per heavy atom. The average molecular weight is 347 g/mol. The third-order valence-corrected chi connectivity index (χ3v) is 4.91. The minimum absolute atomic E-state index is 0.611. The molecule has 0 N–H and O–H groups in total. The fourth-order valence-corrected chi connectivity index (χ4v) is 3.59. The van der Waals surface area contributed by atoms with Gasteiger partial charge in [0, 0.05) is 9.35 Å². The lowest BCUT2D eigenvalue weighted by Crippen LogP contribution is -1.78. The van der Waals surface area contributed by atoms with Crippen LogP contribution in [0.3, 0.4) is 0 Å². The van der Waals surface area contributed by atoms with E-state index in [2.05, 4.69) is 27.0 Å². The van der Waals surface area contributed by atoms with Gasteiger partial charge in [-0.05, 0) is 35.7 Å². The molecule has 2 heterocycles. The van der Waals surface area contributed by atoms with Crippen molar-refractivity contribution in [2.75, 3.05) is 0 Å². The molecule has 0 aliphatic carbocycles. The van der Waals surface area contributed by atoms with Gasteiger partial charge in [0.2, 0.25) is 0 Å². The van der Waals surface area contributed by atoms with Gasteiger partial charge < -0.3 is 0 Å². The molecule has 3 aromatic rings. The molecule has 0 aliphatic rings. The fourth-order valence-electron chi connectivity index (χ4n) is 1.67. The largest absolute Gasteiger partial charge is 0.235 e. The van der Waals surface area contributed by atoms with Crippen LogP contribution in [0.5, 0.6) is 0 Å². The van der Waals surface area contributed by atoms with Gasteiger partial charge in [0.05, 0.1) is 15.8 Å². The lowest BCUT2D eigenvalue weighted by Gasteiger charge is -1.90. The molecule has 0 spiro atoms. The van der Waals surface area contributed by atoms with Crippen molar-refractivity contribution in [3.63, 3.8) is 0 Å². The molecule has 3 rings (SSSR count). The lowest BCUT2D eigenvalue weighted by atomic mass is 10.2. The zero-order chi connectivity index (χ0) is 13.2. The lowest BCUT2D eigenvalue weighted by molar-refractivity contribution is 1.43. The maximum atomic E-state index is 9.30. The second-order valence-corrected chi connectivity index (χ2v) is 6.74. The molecule has 0 unspecified atom stereocenters. The van der Waals surface area contributed by atoms with Crippen molar-refractivity contribution in [3.05, 3.63) is 50.1 Å². The second kappa shape index (κ2) is 5.25. The molecule has 0 atom stereocenters. The van der Waals surface area contributed by atoms with Crippen LogP contribution in [0, 0.1) is 11.3 Å². The molecule has 0 bridgehead atoms. The molecule has 0 fully saturated rings. The first-order valence-corrected chi connectivity index (χ1v) is 7.97. The molecular formula is C14H7BrN2S2. The Bertz CT molecular complexity index is 795. The van der Waals surface area contributed by atoms with E-state index in [-0.39, 0.29) is 0 Å². The predicted molar refractivity (Wildman–Crippen MR) is 85.1 cm³/mol. The molecule has 0 aliphatic heterocycles. The number of hydrogen-bond acceptors (Lipinski definition) is 4. The number of hydrogen-bond donors (Lipinski definition) is 0. The van der Waals surface area contributed by atoms with Crippen LogP contribution >= 0.6 is 38.6 Å². The van der Waals surface area contributed by atoms with Crippen LogP contribution in [0.2, 0.25) is 0 Å². The standard InChI is InChI=1S/C14H7BrN2S2/c15-10-3-4-13-12(7-10)17-14(19-13)9(8-16)6-11-2-1-5-18-11/h1-7H/b9-6+. The summed E-state index contributed by atoms with van der Waals surface area (Å²) in [5.41, 5.74) is 1.53. The summed E-state index contributed by atoms with van der Waals surface area (Å²) in [5.74, 6) is 0. The number of halogens is 1. The molecule has 0 radical (unpaired) electrons. The average Bonchev–Trinajstić information content (AvgIpc) is 3.03. The van der Waals surface area contributed by atoms with Crippen molar-refractivity contribution >= 4 is 60.5 Å². The summed E-state index contributed by atoms with van der Waals surface area (Å²) in [5, 5.41) is 12.1.